The van der Waals surface area contributed by atoms with Crippen LogP contribution in [0.15, 0.2) is 73.6 Å². The van der Waals surface area contributed by atoms with Crippen LogP contribution in [0.2, 0.25) is 0 Å². The highest BCUT2D eigenvalue weighted by atomic mass is 32.2. The molecule has 0 amide bonds. The van der Waals surface area contributed by atoms with Crippen molar-refractivity contribution < 1.29 is 21.6 Å². The molecule has 1 heterocycles. The van der Waals surface area contributed by atoms with Crippen LogP contribution in [0.25, 0.3) is 11.0 Å². The van der Waals surface area contributed by atoms with Crippen LogP contribution in [0, 0.1) is 0 Å². The Morgan fingerprint density at radius 1 is 1.00 bits per heavy atom. The number of hydrogen-bond donors (Lipinski definition) is 1. The second-order valence-electron chi connectivity index (χ2n) is 4.96. The molecule has 2 aromatic carbocycles. The smallest absolute Gasteiger partial charge is 0.336 e. The fourth-order valence-electron chi connectivity index (χ4n) is 2.14. The van der Waals surface area contributed by atoms with Gasteiger partial charge in [0.25, 0.3) is 15.8 Å². The molecule has 25 heavy (non-hydrogen) atoms. The summed E-state index contributed by atoms with van der Waals surface area (Å²) in [6.45, 7) is 0. The maximum Gasteiger partial charge on any atom is 0.336 e. The van der Waals surface area contributed by atoms with Crippen LogP contribution in [0.1, 0.15) is 0 Å². The van der Waals surface area contributed by atoms with Gasteiger partial charge in [-0.3, -0.25) is 4.72 Å². The van der Waals surface area contributed by atoms with E-state index in [9.17, 15) is 22.0 Å². The molecule has 5 nitrogen and oxygen atoms in total. The number of halogens is 2. The molecular formula is C16H11F2NO4S2. The van der Waals surface area contributed by atoms with Crippen LogP contribution in [0.3, 0.4) is 0 Å². The van der Waals surface area contributed by atoms with Gasteiger partial charge < -0.3 is 4.42 Å². The Kier molecular flexibility index (Phi) is 4.78. The van der Waals surface area contributed by atoms with Crippen molar-refractivity contribution in [2.45, 2.75) is 15.5 Å². The van der Waals surface area contributed by atoms with Gasteiger partial charge in [0.15, 0.2) is 0 Å². The quantitative estimate of drug-likeness (QED) is 0.534. The molecular weight excluding hydrogens is 372 g/mol. The Bertz CT molecular complexity index is 1060. The van der Waals surface area contributed by atoms with E-state index in [1.165, 1.54) is 54.6 Å². The van der Waals surface area contributed by atoms with E-state index in [0.717, 1.165) is 0 Å². The highest BCUT2D eigenvalue weighted by Gasteiger charge is 2.15. The summed E-state index contributed by atoms with van der Waals surface area (Å²) >= 11 is 0.378. The summed E-state index contributed by atoms with van der Waals surface area (Å²) in [5.74, 6) is -2.54. The molecule has 130 valence electrons. The molecule has 0 aliphatic heterocycles. The van der Waals surface area contributed by atoms with E-state index < -0.39 is 21.4 Å². The Morgan fingerprint density at radius 2 is 1.72 bits per heavy atom. The fraction of sp³-hybridized carbons (Fsp3) is 0.0625. The van der Waals surface area contributed by atoms with E-state index in [0.29, 0.717) is 22.0 Å². The van der Waals surface area contributed by atoms with Gasteiger partial charge in [-0.25, -0.2) is 13.2 Å². The standard InChI is InChI=1S/C16H11F2NO4S2/c17-16(18)24-12-4-2-11(3-5-12)19-25(21,22)13-6-7-14-10(9-13)1-8-15(20)23-14/h1-9,16,19H. The van der Waals surface area contributed by atoms with Crippen LogP contribution < -0.4 is 10.3 Å². The Labute approximate surface area is 145 Å². The van der Waals surface area contributed by atoms with Gasteiger partial charge in [0.2, 0.25) is 0 Å². The van der Waals surface area contributed by atoms with E-state index in [-0.39, 0.29) is 16.2 Å². The van der Waals surface area contributed by atoms with Gasteiger partial charge in [0.05, 0.1) is 4.90 Å². The van der Waals surface area contributed by atoms with Gasteiger partial charge in [-0.2, -0.15) is 8.78 Å². The van der Waals surface area contributed by atoms with Crippen LogP contribution >= 0.6 is 11.8 Å². The molecule has 3 rings (SSSR count). The number of rotatable bonds is 5. The average Bonchev–Trinajstić information content (AvgIpc) is 2.55. The molecule has 0 saturated heterocycles. The topological polar surface area (TPSA) is 76.4 Å². The highest BCUT2D eigenvalue weighted by Crippen LogP contribution is 2.27. The molecule has 0 radical (unpaired) electrons. The van der Waals surface area contributed by atoms with Crippen LogP contribution in [0.4, 0.5) is 14.5 Å². The highest BCUT2D eigenvalue weighted by molar-refractivity contribution is 7.99. The second kappa shape index (κ2) is 6.85. The van der Waals surface area contributed by atoms with Crippen molar-refractivity contribution >= 4 is 38.4 Å². The van der Waals surface area contributed by atoms with E-state index in [2.05, 4.69) is 4.72 Å². The first-order valence-corrected chi connectivity index (χ1v) is 9.31. The van der Waals surface area contributed by atoms with Crippen molar-refractivity contribution in [2.75, 3.05) is 4.72 Å². The lowest BCUT2D eigenvalue weighted by Gasteiger charge is -2.09. The molecule has 0 saturated carbocycles. The lowest BCUT2D eigenvalue weighted by Crippen LogP contribution is -2.12. The van der Waals surface area contributed by atoms with Crippen molar-refractivity contribution in [1.29, 1.82) is 0 Å². The summed E-state index contributed by atoms with van der Waals surface area (Å²) in [6.07, 6.45) is 0. The zero-order valence-corrected chi connectivity index (χ0v) is 14.1. The normalized spacial score (nSPS) is 11.8. The molecule has 0 unspecified atom stereocenters. The van der Waals surface area contributed by atoms with Crippen molar-refractivity contribution in [1.82, 2.24) is 0 Å². The number of hydrogen-bond acceptors (Lipinski definition) is 5. The number of fused-ring (bicyclic) bond motifs is 1. The molecule has 1 aromatic heterocycles. The Hall–Kier alpha value is -2.39. The predicted molar refractivity (Wildman–Crippen MR) is 91.6 cm³/mol. The number of anilines is 1. The van der Waals surface area contributed by atoms with Gasteiger partial charge in [-0.1, -0.05) is 11.8 Å². The third-order valence-electron chi connectivity index (χ3n) is 3.23. The molecule has 0 aliphatic carbocycles. The molecule has 1 N–H and O–H groups in total. The zero-order chi connectivity index (χ0) is 18.0. The van der Waals surface area contributed by atoms with Crippen molar-refractivity contribution in [3.63, 3.8) is 0 Å². The second-order valence-corrected chi connectivity index (χ2v) is 7.71. The average molecular weight is 383 g/mol. The largest absolute Gasteiger partial charge is 0.423 e. The molecule has 0 bridgehead atoms. The summed E-state index contributed by atoms with van der Waals surface area (Å²) in [4.78, 5) is 11.5. The fourth-order valence-corrected chi connectivity index (χ4v) is 3.73. The third kappa shape index (κ3) is 4.18. The maximum atomic E-state index is 12.4. The maximum absolute atomic E-state index is 12.4. The molecule has 0 spiro atoms. The molecule has 0 atom stereocenters. The Balaban J connectivity index is 1.86. The molecule has 0 fully saturated rings. The zero-order valence-electron chi connectivity index (χ0n) is 12.5. The lowest BCUT2D eigenvalue weighted by molar-refractivity contribution is 0.252. The minimum absolute atomic E-state index is 0.0140. The monoisotopic (exact) mass is 383 g/mol. The van der Waals surface area contributed by atoms with Crippen LogP contribution in [-0.2, 0) is 10.0 Å². The molecule has 9 heteroatoms. The minimum atomic E-state index is -3.88. The van der Waals surface area contributed by atoms with Gasteiger partial charge in [-0.05, 0) is 48.5 Å². The van der Waals surface area contributed by atoms with Crippen molar-refractivity contribution in [3.05, 3.63) is 65.0 Å². The first-order chi connectivity index (χ1) is 11.8. The van der Waals surface area contributed by atoms with Gasteiger partial charge in [-0.15, -0.1) is 0 Å². The van der Waals surface area contributed by atoms with Gasteiger partial charge in [0.1, 0.15) is 5.58 Å². The molecule has 3 aromatic rings. The summed E-state index contributed by atoms with van der Waals surface area (Å²) in [5.41, 5.74) is 0.00104. The van der Waals surface area contributed by atoms with Crippen LogP contribution in [-0.4, -0.2) is 14.2 Å². The SMILES string of the molecule is O=c1ccc2cc(S(=O)(=O)Nc3ccc(SC(F)F)cc3)ccc2o1. The number of nitrogens with one attached hydrogen (secondary N) is 1. The van der Waals surface area contributed by atoms with E-state index >= 15 is 0 Å². The lowest BCUT2D eigenvalue weighted by atomic mass is 10.2. The van der Waals surface area contributed by atoms with E-state index in [4.69, 9.17) is 4.42 Å². The van der Waals surface area contributed by atoms with Crippen LogP contribution in [0.5, 0.6) is 0 Å². The van der Waals surface area contributed by atoms with Gasteiger partial charge in [0, 0.05) is 22.0 Å². The molecule has 0 aliphatic rings. The number of thioether (sulfide) groups is 1. The number of sulfonamides is 1. The van der Waals surface area contributed by atoms with Gasteiger partial charge >= 0.3 is 5.63 Å². The van der Waals surface area contributed by atoms with Crippen molar-refractivity contribution in [2.24, 2.45) is 0 Å². The Morgan fingerprint density at radius 3 is 2.40 bits per heavy atom. The van der Waals surface area contributed by atoms with Crippen molar-refractivity contribution in [3.8, 4) is 0 Å². The predicted octanol–water partition coefficient (Wildman–Crippen LogP) is 3.91. The summed E-state index contributed by atoms with van der Waals surface area (Å²) in [6, 6.07) is 12.4. The van der Waals surface area contributed by atoms with E-state index in [1.807, 2.05) is 0 Å². The number of benzene rings is 2. The summed E-state index contributed by atoms with van der Waals surface area (Å²) < 4.78 is 56.8. The van der Waals surface area contributed by atoms with E-state index in [1.54, 1.807) is 0 Å². The first kappa shape index (κ1) is 17.4. The third-order valence-corrected chi connectivity index (χ3v) is 5.33. The summed E-state index contributed by atoms with van der Waals surface area (Å²) in [5, 5.41) is 0.464. The summed E-state index contributed by atoms with van der Waals surface area (Å²) in [7, 11) is -3.88. The first-order valence-electron chi connectivity index (χ1n) is 6.95. The number of alkyl halides is 2. The minimum Gasteiger partial charge on any atom is -0.423 e.